The van der Waals surface area contributed by atoms with Gasteiger partial charge in [0.15, 0.2) is 17.2 Å². The molecule has 1 aliphatic heterocycles. The quantitative estimate of drug-likeness (QED) is 0.800. The third-order valence-electron chi connectivity index (χ3n) is 4.98. The second-order valence-corrected chi connectivity index (χ2v) is 6.99. The maximum atomic E-state index is 12.7. The van der Waals surface area contributed by atoms with Crippen LogP contribution in [-0.4, -0.2) is 46.2 Å². The number of aromatic nitrogens is 3. The lowest BCUT2D eigenvalue weighted by atomic mass is 9.88. The van der Waals surface area contributed by atoms with E-state index in [0.717, 1.165) is 5.69 Å². The van der Waals surface area contributed by atoms with E-state index in [0.29, 0.717) is 37.0 Å². The van der Waals surface area contributed by atoms with Crippen LogP contribution in [0.4, 0.5) is 0 Å². The molecule has 0 spiro atoms. The van der Waals surface area contributed by atoms with Crippen molar-refractivity contribution in [1.29, 1.82) is 0 Å². The van der Waals surface area contributed by atoms with Crippen LogP contribution in [-0.2, 0) is 0 Å². The Balaban J connectivity index is 0.00000261. The van der Waals surface area contributed by atoms with Crippen LogP contribution in [0.3, 0.4) is 0 Å². The summed E-state index contributed by atoms with van der Waals surface area (Å²) in [5.74, 6) is 1.26. The number of ether oxygens (including phenoxy) is 2. The summed E-state index contributed by atoms with van der Waals surface area (Å²) in [5, 5.41) is 11.2. The summed E-state index contributed by atoms with van der Waals surface area (Å²) in [6.45, 7) is 9.16. The van der Waals surface area contributed by atoms with Gasteiger partial charge in [-0.3, -0.25) is 4.79 Å². The van der Waals surface area contributed by atoms with Gasteiger partial charge in [0, 0.05) is 12.6 Å². The molecule has 0 bridgehead atoms. The molecule has 3 rings (SSSR count). The lowest BCUT2D eigenvalue weighted by Crippen LogP contribution is -2.55. The fraction of sp³-hybridized carbons (Fsp3) is 0.500. The lowest BCUT2D eigenvalue weighted by Gasteiger charge is -2.33. The minimum absolute atomic E-state index is 0. The SMILES string of the molecule is Cc1c(C(=O)NC(C)(CN)C(C)C)nnn1-c1ccc2c(c1)OCCO2.Cl. The van der Waals surface area contributed by atoms with Crippen LogP contribution in [0.2, 0.25) is 0 Å². The van der Waals surface area contributed by atoms with Crippen molar-refractivity contribution in [3.05, 3.63) is 29.6 Å². The van der Waals surface area contributed by atoms with Gasteiger partial charge in [0.05, 0.1) is 16.9 Å². The molecule has 1 aliphatic rings. The third-order valence-corrected chi connectivity index (χ3v) is 4.98. The van der Waals surface area contributed by atoms with Gasteiger partial charge in [-0.1, -0.05) is 19.1 Å². The molecule has 1 unspecified atom stereocenters. The molecule has 1 atom stereocenters. The van der Waals surface area contributed by atoms with Gasteiger partial charge in [0.25, 0.3) is 5.91 Å². The molecule has 0 fully saturated rings. The van der Waals surface area contributed by atoms with Crippen molar-refractivity contribution >= 4 is 18.3 Å². The van der Waals surface area contributed by atoms with Gasteiger partial charge in [0.1, 0.15) is 13.2 Å². The topological polar surface area (TPSA) is 104 Å². The molecule has 0 radical (unpaired) electrons. The van der Waals surface area contributed by atoms with Crippen LogP contribution in [0.1, 0.15) is 37.0 Å². The molecular weight excluding hydrogens is 370 g/mol. The molecule has 3 N–H and O–H groups in total. The van der Waals surface area contributed by atoms with E-state index >= 15 is 0 Å². The first-order valence-electron chi connectivity index (χ1n) is 8.70. The maximum Gasteiger partial charge on any atom is 0.274 e. The summed E-state index contributed by atoms with van der Waals surface area (Å²) >= 11 is 0. The van der Waals surface area contributed by atoms with Crippen molar-refractivity contribution in [3.63, 3.8) is 0 Å². The molecule has 148 valence electrons. The average molecular weight is 396 g/mol. The predicted octanol–water partition coefficient (Wildman–Crippen LogP) is 1.87. The highest BCUT2D eigenvalue weighted by molar-refractivity contribution is 5.93. The molecule has 0 saturated carbocycles. The molecule has 9 heteroatoms. The van der Waals surface area contributed by atoms with E-state index in [1.54, 1.807) is 11.6 Å². The number of amides is 1. The smallest absolute Gasteiger partial charge is 0.274 e. The maximum absolute atomic E-state index is 12.7. The normalized spacial score (nSPS) is 15.0. The van der Waals surface area contributed by atoms with E-state index < -0.39 is 5.54 Å². The number of nitrogens with one attached hydrogen (secondary N) is 1. The molecule has 1 aromatic carbocycles. The monoisotopic (exact) mass is 395 g/mol. The Labute approximate surface area is 164 Å². The van der Waals surface area contributed by atoms with Crippen LogP contribution in [0, 0.1) is 12.8 Å². The Morgan fingerprint density at radius 3 is 2.63 bits per heavy atom. The zero-order chi connectivity index (χ0) is 18.9. The molecule has 2 aromatic rings. The van der Waals surface area contributed by atoms with E-state index in [9.17, 15) is 4.79 Å². The fourth-order valence-electron chi connectivity index (χ4n) is 2.70. The first-order valence-corrected chi connectivity index (χ1v) is 8.70. The Kier molecular flexibility index (Phi) is 6.33. The van der Waals surface area contributed by atoms with Crippen molar-refractivity contribution in [2.24, 2.45) is 11.7 Å². The summed E-state index contributed by atoms with van der Waals surface area (Å²) in [4.78, 5) is 12.7. The number of rotatable bonds is 5. The molecule has 8 nitrogen and oxygen atoms in total. The van der Waals surface area contributed by atoms with Crippen molar-refractivity contribution in [2.75, 3.05) is 19.8 Å². The van der Waals surface area contributed by atoms with Gasteiger partial charge in [-0.2, -0.15) is 0 Å². The van der Waals surface area contributed by atoms with E-state index in [1.165, 1.54) is 0 Å². The summed E-state index contributed by atoms with van der Waals surface area (Å²) in [7, 11) is 0. The summed E-state index contributed by atoms with van der Waals surface area (Å²) in [5.41, 5.74) is 7.01. The highest BCUT2D eigenvalue weighted by atomic mass is 35.5. The zero-order valence-electron chi connectivity index (χ0n) is 16.0. The predicted molar refractivity (Wildman–Crippen MR) is 104 cm³/mol. The van der Waals surface area contributed by atoms with Gasteiger partial charge in [0.2, 0.25) is 0 Å². The molecule has 1 aromatic heterocycles. The Hall–Kier alpha value is -2.32. The number of halogens is 1. The molecule has 2 heterocycles. The summed E-state index contributed by atoms with van der Waals surface area (Å²) in [6.07, 6.45) is 0. The second kappa shape index (κ2) is 8.14. The number of carbonyl (C=O) groups is 1. The van der Waals surface area contributed by atoms with E-state index in [1.807, 2.05) is 39.0 Å². The van der Waals surface area contributed by atoms with Crippen molar-refractivity contribution in [3.8, 4) is 17.2 Å². The fourth-order valence-corrected chi connectivity index (χ4v) is 2.70. The van der Waals surface area contributed by atoms with Gasteiger partial charge in [-0.15, -0.1) is 17.5 Å². The van der Waals surface area contributed by atoms with Crippen LogP contribution in [0.25, 0.3) is 5.69 Å². The van der Waals surface area contributed by atoms with Gasteiger partial charge in [-0.25, -0.2) is 4.68 Å². The van der Waals surface area contributed by atoms with Crippen LogP contribution < -0.4 is 20.5 Å². The highest BCUT2D eigenvalue weighted by Crippen LogP contribution is 2.32. The van der Waals surface area contributed by atoms with Crippen LogP contribution >= 0.6 is 12.4 Å². The number of carbonyl (C=O) groups excluding carboxylic acids is 1. The Bertz CT molecular complexity index is 823. The van der Waals surface area contributed by atoms with Crippen LogP contribution in [0.15, 0.2) is 18.2 Å². The largest absolute Gasteiger partial charge is 0.486 e. The van der Waals surface area contributed by atoms with Gasteiger partial charge in [-0.05, 0) is 31.9 Å². The average Bonchev–Trinajstić information content (AvgIpc) is 3.02. The lowest BCUT2D eigenvalue weighted by molar-refractivity contribution is 0.0877. The Morgan fingerprint density at radius 2 is 2.00 bits per heavy atom. The minimum Gasteiger partial charge on any atom is -0.486 e. The summed E-state index contributed by atoms with van der Waals surface area (Å²) < 4.78 is 12.8. The number of nitrogens with two attached hydrogens (primary N) is 1. The molecule has 0 saturated heterocycles. The minimum atomic E-state index is -0.510. The Morgan fingerprint density at radius 1 is 1.33 bits per heavy atom. The first-order chi connectivity index (χ1) is 12.4. The summed E-state index contributed by atoms with van der Waals surface area (Å²) in [6, 6.07) is 5.51. The van der Waals surface area contributed by atoms with Gasteiger partial charge < -0.3 is 20.5 Å². The van der Waals surface area contributed by atoms with Crippen molar-refractivity contribution in [1.82, 2.24) is 20.3 Å². The number of benzene rings is 1. The second-order valence-electron chi connectivity index (χ2n) is 6.99. The van der Waals surface area contributed by atoms with Gasteiger partial charge >= 0.3 is 0 Å². The molecule has 1 amide bonds. The van der Waals surface area contributed by atoms with E-state index in [4.69, 9.17) is 15.2 Å². The number of hydrogen-bond donors (Lipinski definition) is 2. The number of hydrogen-bond acceptors (Lipinski definition) is 6. The van der Waals surface area contributed by atoms with E-state index in [2.05, 4.69) is 15.6 Å². The third kappa shape index (κ3) is 4.01. The molecule has 0 aliphatic carbocycles. The molecular formula is C18H26ClN5O3. The van der Waals surface area contributed by atoms with Crippen molar-refractivity contribution in [2.45, 2.75) is 33.2 Å². The van der Waals surface area contributed by atoms with E-state index in [-0.39, 0.29) is 29.9 Å². The van der Waals surface area contributed by atoms with Crippen molar-refractivity contribution < 1.29 is 14.3 Å². The zero-order valence-corrected chi connectivity index (χ0v) is 16.8. The molecule has 27 heavy (non-hydrogen) atoms. The standard InChI is InChI=1S/C18H25N5O3.ClH/c1-11(2)18(4,10-19)20-17(24)16-12(3)23(22-21-16)13-5-6-14-15(9-13)26-8-7-25-14;/h5-6,9,11H,7-8,10,19H2,1-4H3,(H,20,24);1H. The van der Waals surface area contributed by atoms with Crippen LogP contribution in [0.5, 0.6) is 11.5 Å². The number of fused-ring (bicyclic) bond motifs is 1. The highest BCUT2D eigenvalue weighted by Gasteiger charge is 2.31. The number of nitrogens with zero attached hydrogens (tertiary/aromatic N) is 3. The first kappa shape index (κ1) is 21.0.